The molecule has 0 radical (unpaired) electrons. The first-order valence-corrected chi connectivity index (χ1v) is 6.96. The molecule has 0 atom stereocenters. The van der Waals surface area contributed by atoms with Crippen LogP contribution in [0.25, 0.3) is 11.0 Å². The molecule has 2 rings (SSSR count). The van der Waals surface area contributed by atoms with E-state index in [1.807, 2.05) is 18.2 Å². The number of aromatic nitrogens is 2. The van der Waals surface area contributed by atoms with Crippen molar-refractivity contribution in [2.75, 3.05) is 20.3 Å². The molecule has 5 heteroatoms. The molecule has 1 amide bonds. The van der Waals surface area contributed by atoms with Crippen molar-refractivity contribution in [2.24, 2.45) is 0 Å². The summed E-state index contributed by atoms with van der Waals surface area (Å²) in [6, 6.07) is 8.16. The zero-order valence-corrected chi connectivity index (χ0v) is 12.1. The largest absolute Gasteiger partial charge is 0.375 e. The van der Waals surface area contributed by atoms with Gasteiger partial charge in [-0.05, 0) is 25.5 Å². The van der Waals surface area contributed by atoms with Crippen LogP contribution in [0.2, 0.25) is 0 Å². The van der Waals surface area contributed by atoms with Crippen molar-refractivity contribution in [1.82, 2.24) is 14.9 Å². The Bertz CT molecular complexity index is 578. The van der Waals surface area contributed by atoms with E-state index in [9.17, 15) is 4.79 Å². The standard InChI is InChI=1S/C15H21N3O2/c1-3-18-13-8-5-4-7-12(13)17-14(18)9-6-10-16-15(19)11-20-2/h4-5,7-8H,3,6,9-11H2,1-2H3,(H,16,19). The summed E-state index contributed by atoms with van der Waals surface area (Å²) in [6.07, 6.45) is 1.73. The van der Waals surface area contributed by atoms with Gasteiger partial charge >= 0.3 is 0 Å². The molecule has 2 aromatic rings. The van der Waals surface area contributed by atoms with Crippen LogP contribution < -0.4 is 5.32 Å². The smallest absolute Gasteiger partial charge is 0.245 e. The third kappa shape index (κ3) is 3.36. The second-order valence-electron chi connectivity index (χ2n) is 4.65. The summed E-state index contributed by atoms with van der Waals surface area (Å²) < 4.78 is 7.00. The van der Waals surface area contributed by atoms with E-state index in [4.69, 9.17) is 4.74 Å². The van der Waals surface area contributed by atoms with Crippen molar-refractivity contribution in [3.8, 4) is 0 Å². The lowest BCUT2D eigenvalue weighted by atomic mass is 10.3. The zero-order valence-electron chi connectivity index (χ0n) is 12.1. The number of fused-ring (bicyclic) bond motifs is 1. The molecule has 0 aliphatic carbocycles. The van der Waals surface area contributed by atoms with Crippen LogP contribution in [0.3, 0.4) is 0 Å². The van der Waals surface area contributed by atoms with Crippen LogP contribution in [-0.2, 0) is 22.5 Å². The van der Waals surface area contributed by atoms with Crippen LogP contribution in [0.15, 0.2) is 24.3 Å². The Kier molecular flexibility index (Phi) is 5.12. The zero-order chi connectivity index (χ0) is 14.4. The van der Waals surface area contributed by atoms with E-state index in [1.165, 1.54) is 12.6 Å². The highest BCUT2D eigenvalue weighted by molar-refractivity contribution is 5.77. The number of nitrogens with one attached hydrogen (secondary N) is 1. The highest BCUT2D eigenvalue weighted by Crippen LogP contribution is 2.16. The minimum atomic E-state index is -0.0727. The van der Waals surface area contributed by atoms with Gasteiger partial charge < -0.3 is 14.6 Å². The highest BCUT2D eigenvalue weighted by Gasteiger charge is 2.08. The molecule has 0 aliphatic heterocycles. The fourth-order valence-corrected chi connectivity index (χ4v) is 2.33. The normalized spacial score (nSPS) is 10.9. The Balaban J connectivity index is 1.94. The van der Waals surface area contributed by atoms with Gasteiger partial charge in [-0.15, -0.1) is 0 Å². The van der Waals surface area contributed by atoms with Crippen LogP contribution in [0, 0.1) is 0 Å². The van der Waals surface area contributed by atoms with Crippen LogP contribution in [-0.4, -0.2) is 35.7 Å². The first kappa shape index (κ1) is 14.5. The number of imidazole rings is 1. The van der Waals surface area contributed by atoms with Crippen molar-refractivity contribution in [3.05, 3.63) is 30.1 Å². The molecule has 5 nitrogen and oxygen atoms in total. The van der Waals surface area contributed by atoms with Crippen LogP contribution in [0.4, 0.5) is 0 Å². The fraction of sp³-hybridized carbons (Fsp3) is 0.467. The van der Waals surface area contributed by atoms with Crippen LogP contribution >= 0.6 is 0 Å². The number of para-hydroxylation sites is 2. The number of benzene rings is 1. The van der Waals surface area contributed by atoms with E-state index in [0.29, 0.717) is 6.54 Å². The number of hydrogen-bond acceptors (Lipinski definition) is 3. The second-order valence-corrected chi connectivity index (χ2v) is 4.65. The summed E-state index contributed by atoms with van der Waals surface area (Å²) in [5.41, 5.74) is 2.21. The molecule has 0 aliphatic rings. The molecule has 0 unspecified atom stereocenters. The van der Waals surface area contributed by atoms with E-state index in [1.54, 1.807) is 0 Å². The van der Waals surface area contributed by atoms with E-state index in [-0.39, 0.29) is 12.5 Å². The first-order chi connectivity index (χ1) is 9.76. The average Bonchev–Trinajstić information content (AvgIpc) is 2.81. The number of amides is 1. The van der Waals surface area contributed by atoms with Gasteiger partial charge in [0.05, 0.1) is 11.0 Å². The van der Waals surface area contributed by atoms with E-state index in [0.717, 1.165) is 30.7 Å². The van der Waals surface area contributed by atoms with Crippen LogP contribution in [0.1, 0.15) is 19.2 Å². The molecule has 20 heavy (non-hydrogen) atoms. The third-order valence-electron chi connectivity index (χ3n) is 3.22. The molecular weight excluding hydrogens is 254 g/mol. The first-order valence-electron chi connectivity index (χ1n) is 6.96. The number of carbonyl (C=O) groups excluding carboxylic acids is 1. The quantitative estimate of drug-likeness (QED) is 0.783. The van der Waals surface area contributed by atoms with Crippen molar-refractivity contribution in [2.45, 2.75) is 26.3 Å². The molecule has 1 heterocycles. The van der Waals surface area contributed by atoms with Gasteiger partial charge in [0.1, 0.15) is 12.4 Å². The Hall–Kier alpha value is -1.88. The Labute approximate surface area is 118 Å². The fourth-order valence-electron chi connectivity index (χ4n) is 2.33. The molecule has 108 valence electrons. The van der Waals surface area contributed by atoms with Gasteiger partial charge in [-0.1, -0.05) is 12.1 Å². The lowest BCUT2D eigenvalue weighted by Crippen LogP contribution is -2.28. The second kappa shape index (κ2) is 7.05. The summed E-state index contributed by atoms with van der Waals surface area (Å²) in [6.45, 7) is 3.80. The maximum absolute atomic E-state index is 11.3. The lowest BCUT2D eigenvalue weighted by Gasteiger charge is -2.07. The number of rotatable bonds is 7. The molecule has 1 aromatic carbocycles. The summed E-state index contributed by atoms with van der Waals surface area (Å²) >= 11 is 0. The Morgan fingerprint density at radius 3 is 2.95 bits per heavy atom. The minimum absolute atomic E-state index is 0.0727. The average molecular weight is 275 g/mol. The number of nitrogens with zero attached hydrogens (tertiary/aromatic N) is 2. The molecule has 1 N–H and O–H groups in total. The van der Waals surface area contributed by atoms with Crippen molar-refractivity contribution >= 4 is 16.9 Å². The predicted octanol–water partition coefficient (Wildman–Crippen LogP) is 1.75. The number of ether oxygens (including phenoxy) is 1. The summed E-state index contributed by atoms with van der Waals surface area (Å²) in [5.74, 6) is 1.01. The highest BCUT2D eigenvalue weighted by atomic mass is 16.5. The molecule has 0 saturated heterocycles. The maximum Gasteiger partial charge on any atom is 0.245 e. The SMILES string of the molecule is CCn1c(CCCNC(=O)COC)nc2ccccc21. The van der Waals surface area contributed by atoms with Crippen molar-refractivity contribution in [3.63, 3.8) is 0 Å². The lowest BCUT2D eigenvalue weighted by molar-refractivity contribution is -0.124. The van der Waals surface area contributed by atoms with Gasteiger partial charge in [0.25, 0.3) is 0 Å². The molecule has 0 bridgehead atoms. The van der Waals surface area contributed by atoms with Gasteiger partial charge in [-0.3, -0.25) is 4.79 Å². The van der Waals surface area contributed by atoms with Gasteiger partial charge in [-0.25, -0.2) is 4.98 Å². The number of hydrogen-bond donors (Lipinski definition) is 1. The molecule has 0 fully saturated rings. The summed E-state index contributed by atoms with van der Waals surface area (Å²) in [4.78, 5) is 15.9. The monoisotopic (exact) mass is 275 g/mol. The predicted molar refractivity (Wildman–Crippen MR) is 78.6 cm³/mol. The van der Waals surface area contributed by atoms with E-state index < -0.39 is 0 Å². The van der Waals surface area contributed by atoms with E-state index >= 15 is 0 Å². The Morgan fingerprint density at radius 2 is 2.20 bits per heavy atom. The molecular formula is C15H21N3O2. The maximum atomic E-state index is 11.3. The summed E-state index contributed by atoms with van der Waals surface area (Å²) in [7, 11) is 1.52. The van der Waals surface area contributed by atoms with Gasteiger partial charge in [0.15, 0.2) is 0 Å². The van der Waals surface area contributed by atoms with Crippen LogP contribution in [0.5, 0.6) is 0 Å². The van der Waals surface area contributed by atoms with Gasteiger partial charge in [0, 0.05) is 26.6 Å². The number of aryl methyl sites for hydroxylation is 2. The summed E-state index contributed by atoms with van der Waals surface area (Å²) in [5, 5.41) is 2.82. The van der Waals surface area contributed by atoms with Gasteiger partial charge in [0.2, 0.25) is 5.91 Å². The number of methoxy groups -OCH3 is 1. The van der Waals surface area contributed by atoms with Crippen molar-refractivity contribution in [1.29, 1.82) is 0 Å². The molecule has 0 saturated carbocycles. The third-order valence-corrected chi connectivity index (χ3v) is 3.22. The number of carbonyl (C=O) groups is 1. The van der Waals surface area contributed by atoms with E-state index in [2.05, 4.69) is 27.9 Å². The Morgan fingerprint density at radius 1 is 1.40 bits per heavy atom. The van der Waals surface area contributed by atoms with Gasteiger partial charge in [-0.2, -0.15) is 0 Å². The molecule has 1 aromatic heterocycles. The molecule has 0 spiro atoms. The topological polar surface area (TPSA) is 56.2 Å². The van der Waals surface area contributed by atoms with Crippen molar-refractivity contribution < 1.29 is 9.53 Å². The minimum Gasteiger partial charge on any atom is -0.375 e.